The standard InChI is InChI=1S/C19H24N2O/c1-12(2)15(5)20-18-8-7-16(9-13(18)3)17-10-14(4)19(22)21(6)11-17/h7-12H,1-6H3. The van der Waals surface area contributed by atoms with Crippen molar-refractivity contribution in [2.24, 2.45) is 18.0 Å². The largest absolute Gasteiger partial charge is 0.318 e. The van der Waals surface area contributed by atoms with Gasteiger partial charge in [0.1, 0.15) is 0 Å². The second kappa shape index (κ2) is 6.30. The van der Waals surface area contributed by atoms with Gasteiger partial charge in [0, 0.05) is 24.5 Å². The molecule has 0 aliphatic rings. The molecule has 0 bridgehead atoms. The van der Waals surface area contributed by atoms with Gasteiger partial charge in [0.05, 0.1) is 5.69 Å². The molecule has 0 unspecified atom stereocenters. The summed E-state index contributed by atoms with van der Waals surface area (Å²) in [7, 11) is 1.79. The van der Waals surface area contributed by atoms with Crippen LogP contribution >= 0.6 is 0 Å². The first-order valence-electron chi connectivity index (χ1n) is 7.63. The van der Waals surface area contributed by atoms with Gasteiger partial charge in [-0.2, -0.15) is 0 Å². The van der Waals surface area contributed by atoms with Crippen LogP contribution in [0, 0.1) is 19.8 Å². The number of hydrogen-bond donors (Lipinski definition) is 0. The predicted molar refractivity (Wildman–Crippen MR) is 94.2 cm³/mol. The Morgan fingerprint density at radius 1 is 1.09 bits per heavy atom. The Balaban J connectivity index is 2.46. The normalized spacial score (nSPS) is 12.0. The summed E-state index contributed by atoms with van der Waals surface area (Å²) in [4.78, 5) is 16.5. The monoisotopic (exact) mass is 296 g/mol. The summed E-state index contributed by atoms with van der Waals surface area (Å²) < 4.78 is 1.63. The fourth-order valence-electron chi connectivity index (χ4n) is 2.32. The Morgan fingerprint density at radius 3 is 2.27 bits per heavy atom. The van der Waals surface area contributed by atoms with Crippen molar-refractivity contribution in [3.63, 3.8) is 0 Å². The number of aliphatic imine (C=N–C) groups is 1. The predicted octanol–water partition coefficient (Wildman–Crippen LogP) is 4.42. The van der Waals surface area contributed by atoms with E-state index < -0.39 is 0 Å². The second-order valence-corrected chi connectivity index (χ2v) is 6.24. The summed E-state index contributed by atoms with van der Waals surface area (Å²) in [6, 6.07) is 8.20. The lowest BCUT2D eigenvalue weighted by molar-refractivity contribution is 0.850. The highest BCUT2D eigenvalue weighted by Crippen LogP contribution is 2.27. The molecule has 1 aromatic heterocycles. The second-order valence-electron chi connectivity index (χ2n) is 6.24. The average molecular weight is 296 g/mol. The minimum Gasteiger partial charge on any atom is -0.318 e. The van der Waals surface area contributed by atoms with Gasteiger partial charge in [-0.15, -0.1) is 0 Å². The van der Waals surface area contributed by atoms with Gasteiger partial charge in [-0.1, -0.05) is 19.9 Å². The molecule has 22 heavy (non-hydrogen) atoms. The van der Waals surface area contributed by atoms with E-state index >= 15 is 0 Å². The van der Waals surface area contributed by atoms with Crippen molar-refractivity contribution in [2.75, 3.05) is 0 Å². The van der Waals surface area contributed by atoms with Crippen LogP contribution in [0.5, 0.6) is 0 Å². The first-order chi connectivity index (χ1) is 10.3. The summed E-state index contributed by atoms with van der Waals surface area (Å²) >= 11 is 0. The van der Waals surface area contributed by atoms with Crippen molar-refractivity contribution in [1.82, 2.24) is 4.57 Å². The summed E-state index contributed by atoms with van der Waals surface area (Å²) in [6.45, 7) is 10.3. The van der Waals surface area contributed by atoms with Gasteiger partial charge in [-0.05, 0) is 61.6 Å². The van der Waals surface area contributed by atoms with Crippen LogP contribution in [0.25, 0.3) is 11.1 Å². The first kappa shape index (κ1) is 16.2. The third-order valence-corrected chi connectivity index (χ3v) is 4.02. The molecule has 1 heterocycles. The van der Waals surface area contributed by atoms with Crippen LogP contribution in [0.4, 0.5) is 5.69 Å². The SMILES string of the molecule is CC(=Nc1ccc(-c2cc(C)c(=O)n(C)c2)cc1C)C(C)C. The van der Waals surface area contributed by atoms with E-state index in [4.69, 9.17) is 4.99 Å². The smallest absolute Gasteiger partial charge is 0.253 e. The molecule has 3 nitrogen and oxygen atoms in total. The van der Waals surface area contributed by atoms with E-state index in [-0.39, 0.29) is 5.56 Å². The average Bonchev–Trinajstić information content (AvgIpc) is 2.46. The van der Waals surface area contributed by atoms with Crippen LogP contribution in [0.15, 0.2) is 40.2 Å². The van der Waals surface area contributed by atoms with Gasteiger partial charge in [-0.3, -0.25) is 9.79 Å². The molecular formula is C19H24N2O. The minimum absolute atomic E-state index is 0.0502. The maximum absolute atomic E-state index is 11.8. The zero-order valence-electron chi connectivity index (χ0n) is 14.3. The number of aryl methyl sites for hydroxylation is 3. The van der Waals surface area contributed by atoms with E-state index in [1.54, 1.807) is 11.6 Å². The maximum Gasteiger partial charge on any atom is 0.253 e. The molecule has 0 aliphatic heterocycles. The van der Waals surface area contributed by atoms with Crippen molar-refractivity contribution in [3.8, 4) is 11.1 Å². The summed E-state index contributed by atoms with van der Waals surface area (Å²) in [5, 5.41) is 0. The zero-order chi connectivity index (χ0) is 16.4. The molecular weight excluding hydrogens is 272 g/mol. The van der Waals surface area contributed by atoms with Gasteiger partial charge in [0.15, 0.2) is 0 Å². The van der Waals surface area contributed by atoms with Gasteiger partial charge in [0.2, 0.25) is 0 Å². The third-order valence-electron chi connectivity index (χ3n) is 4.02. The Kier molecular flexibility index (Phi) is 4.65. The lowest BCUT2D eigenvalue weighted by Gasteiger charge is -2.10. The fraction of sp³-hybridized carbons (Fsp3) is 0.368. The third kappa shape index (κ3) is 3.35. The molecule has 0 atom stereocenters. The topological polar surface area (TPSA) is 34.4 Å². The zero-order valence-corrected chi connectivity index (χ0v) is 14.3. The number of pyridine rings is 1. The van der Waals surface area contributed by atoms with Gasteiger partial charge >= 0.3 is 0 Å². The number of nitrogens with zero attached hydrogens (tertiary/aromatic N) is 2. The van der Waals surface area contributed by atoms with E-state index in [2.05, 4.69) is 45.9 Å². The molecule has 0 saturated heterocycles. The molecule has 0 saturated carbocycles. The number of aromatic nitrogens is 1. The van der Waals surface area contributed by atoms with Gasteiger partial charge < -0.3 is 4.57 Å². The Hall–Kier alpha value is -2.16. The summed E-state index contributed by atoms with van der Waals surface area (Å²) in [5.41, 5.74) is 6.26. The Morgan fingerprint density at radius 2 is 1.73 bits per heavy atom. The van der Waals surface area contributed by atoms with Gasteiger partial charge in [-0.25, -0.2) is 0 Å². The van der Waals surface area contributed by atoms with Crippen molar-refractivity contribution in [3.05, 3.63) is 51.9 Å². The van der Waals surface area contributed by atoms with Crippen LogP contribution in [0.1, 0.15) is 31.9 Å². The van der Waals surface area contributed by atoms with E-state index in [9.17, 15) is 4.79 Å². The minimum atomic E-state index is 0.0502. The Bertz CT molecular complexity index is 756. The molecule has 3 heteroatoms. The van der Waals surface area contributed by atoms with Crippen molar-refractivity contribution >= 4 is 11.4 Å². The van der Waals surface area contributed by atoms with Crippen LogP contribution in [0.2, 0.25) is 0 Å². The van der Waals surface area contributed by atoms with Crippen LogP contribution < -0.4 is 5.56 Å². The lowest BCUT2D eigenvalue weighted by atomic mass is 10.0. The molecule has 2 rings (SSSR count). The number of benzene rings is 1. The van der Waals surface area contributed by atoms with Gasteiger partial charge in [0.25, 0.3) is 5.56 Å². The molecule has 1 aromatic carbocycles. The maximum atomic E-state index is 11.8. The van der Waals surface area contributed by atoms with Crippen molar-refractivity contribution < 1.29 is 0 Å². The van der Waals surface area contributed by atoms with E-state index in [0.29, 0.717) is 5.92 Å². The van der Waals surface area contributed by atoms with Crippen LogP contribution in [-0.2, 0) is 7.05 Å². The highest BCUT2D eigenvalue weighted by molar-refractivity contribution is 5.86. The highest BCUT2D eigenvalue weighted by Gasteiger charge is 2.06. The quantitative estimate of drug-likeness (QED) is 0.772. The lowest BCUT2D eigenvalue weighted by Crippen LogP contribution is -2.18. The molecule has 0 spiro atoms. The highest BCUT2D eigenvalue weighted by atomic mass is 16.1. The molecule has 116 valence electrons. The van der Waals surface area contributed by atoms with E-state index in [0.717, 1.165) is 33.7 Å². The van der Waals surface area contributed by atoms with Crippen molar-refractivity contribution in [1.29, 1.82) is 0 Å². The van der Waals surface area contributed by atoms with Crippen LogP contribution in [0.3, 0.4) is 0 Å². The van der Waals surface area contributed by atoms with E-state index in [1.807, 2.05) is 19.2 Å². The van der Waals surface area contributed by atoms with Crippen molar-refractivity contribution in [2.45, 2.75) is 34.6 Å². The summed E-state index contributed by atoms with van der Waals surface area (Å²) in [6.07, 6.45) is 1.88. The summed E-state index contributed by atoms with van der Waals surface area (Å²) in [5.74, 6) is 0.449. The first-order valence-corrected chi connectivity index (χ1v) is 7.63. The van der Waals surface area contributed by atoms with E-state index in [1.165, 1.54) is 0 Å². The molecule has 2 aromatic rings. The number of rotatable bonds is 3. The number of hydrogen-bond acceptors (Lipinski definition) is 2. The Labute approximate surface area is 132 Å². The fourth-order valence-corrected chi connectivity index (χ4v) is 2.32. The molecule has 0 fully saturated rings. The molecule has 0 amide bonds. The van der Waals surface area contributed by atoms with Crippen LogP contribution in [-0.4, -0.2) is 10.3 Å². The molecule has 0 radical (unpaired) electrons. The molecule has 0 N–H and O–H groups in total. The molecule has 0 aliphatic carbocycles.